The molecule has 1 aromatic rings. The molecule has 1 aliphatic carbocycles. The summed E-state index contributed by atoms with van der Waals surface area (Å²) in [6.07, 6.45) is 3.14. The number of anilines is 1. The van der Waals surface area contributed by atoms with Gasteiger partial charge in [0.25, 0.3) is 5.69 Å². The molecule has 2 aliphatic rings. The average molecular weight is 328 g/mol. The van der Waals surface area contributed by atoms with E-state index in [0.717, 1.165) is 12.8 Å². The summed E-state index contributed by atoms with van der Waals surface area (Å²) in [5.74, 6) is -0.0651. The zero-order valence-corrected chi connectivity index (χ0v) is 13.5. The molecule has 126 valence electrons. The molecule has 0 N–H and O–H groups in total. The Kier molecular flexibility index (Phi) is 4.38. The third kappa shape index (κ3) is 2.80. The van der Waals surface area contributed by atoms with Gasteiger partial charge < -0.3 is 9.80 Å². The lowest BCUT2D eigenvalue weighted by Crippen LogP contribution is -2.52. The predicted molar refractivity (Wildman–Crippen MR) is 88.4 cm³/mol. The molecule has 0 radical (unpaired) electrons. The summed E-state index contributed by atoms with van der Waals surface area (Å²) < 4.78 is 0. The predicted octanol–water partition coefficient (Wildman–Crippen LogP) is 2.33. The van der Waals surface area contributed by atoms with Gasteiger partial charge in [0.15, 0.2) is 0 Å². The standard InChI is InChI=1S/C17H20N4O3/c18-13-17(7-3-4-8-17)16(22)20-11-9-19(10-12-20)14-5-1-2-6-15(14)21(23)24/h1-2,5-6H,3-4,7-12H2. The number of hydrogen-bond acceptors (Lipinski definition) is 5. The van der Waals surface area contributed by atoms with Crippen molar-refractivity contribution in [3.63, 3.8) is 0 Å². The van der Waals surface area contributed by atoms with Crippen molar-refractivity contribution in [3.8, 4) is 6.07 Å². The molecule has 2 fully saturated rings. The van der Waals surface area contributed by atoms with Gasteiger partial charge in [-0.15, -0.1) is 0 Å². The number of rotatable bonds is 3. The number of carbonyl (C=O) groups is 1. The fourth-order valence-electron chi connectivity index (χ4n) is 3.69. The van der Waals surface area contributed by atoms with E-state index in [4.69, 9.17) is 0 Å². The molecule has 1 saturated carbocycles. The molecular weight excluding hydrogens is 308 g/mol. The van der Waals surface area contributed by atoms with Gasteiger partial charge in [-0.05, 0) is 18.9 Å². The Morgan fingerprint density at radius 3 is 2.38 bits per heavy atom. The molecule has 24 heavy (non-hydrogen) atoms. The van der Waals surface area contributed by atoms with Crippen LogP contribution in [0.25, 0.3) is 0 Å². The maximum absolute atomic E-state index is 12.7. The molecule has 1 amide bonds. The van der Waals surface area contributed by atoms with Crippen molar-refractivity contribution in [2.75, 3.05) is 31.1 Å². The first-order valence-corrected chi connectivity index (χ1v) is 8.26. The first kappa shape index (κ1) is 16.2. The third-order valence-electron chi connectivity index (χ3n) is 5.07. The Hall–Kier alpha value is -2.62. The van der Waals surface area contributed by atoms with Crippen LogP contribution in [0.3, 0.4) is 0 Å². The SMILES string of the molecule is N#CC1(C(=O)N2CCN(c3ccccc3[N+](=O)[O-])CC2)CCCC1. The minimum absolute atomic E-state index is 0.0651. The van der Waals surface area contributed by atoms with E-state index in [1.807, 2.05) is 4.90 Å². The van der Waals surface area contributed by atoms with E-state index < -0.39 is 5.41 Å². The zero-order chi connectivity index (χ0) is 17.2. The van der Waals surface area contributed by atoms with Crippen molar-refractivity contribution in [1.82, 2.24) is 4.90 Å². The largest absolute Gasteiger partial charge is 0.362 e. The zero-order valence-electron chi connectivity index (χ0n) is 13.5. The molecule has 1 saturated heterocycles. The van der Waals surface area contributed by atoms with Gasteiger partial charge in [-0.3, -0.25) is 14.9 Å². The minimum Gasteiger partial charge on any atom is -0.362 e. The van der Waals surface area contributed by atoms with Crippen LogP contribution in [0.4, 0.5) is 11.4 Å². The Morgan fingerprint density at radius 1 is 1.17 bits per heavy atom. The lowest BCUT2D eigenvalue weighted by atomic mass is 9.86. The number of nitro benzene ring substituents is 1. The van der Waals surface area contributed by atoms with Gasteiger partial charge in [0.2, 0.25) is 5.91 Å². The molecule has 1 heterocycles. The summed E-state index contributed by atoms with van der Waals surface area (Å²) >= 11 is 0. The fourth-order valence-corrected chi connectivity index (χ4v) is 3.69. The highest BCUT2D eigenvalue weighted by Gasteiger charge is 2.44. The van der Waals surface area contributed by atoms with Crippen LogP contribution in [0, 0.1) is 26.9 Å². The van der Waals surface area contributed by atoms with Crippen LogP contribution in [0.2, 0.25) is 0 Å². The molecule has 0 spiro atoms. The van der Waals surface area contributed by atoms with Crippen molar-refractivity contribution in [2.24, 2.45) is 5.41 Å². The summed E-state index contributed by atoms with van der Waals surface area (Å²) in [6.45, 7) is 2.07. The molecule has 1 aromatic carbocycles. The van der Waals surface area contributed by atoms with Gasteiger partial charge in [0.05, 0.1) is 11.0 Å². The van der Waals surface area contributed by atoms with Crippen LogP contribution in [-0.4, -0.2) is 41.9 Å². The quantitative estimate of drug-likeness (QED) is 0.627. The number of piperazine rings is 1. The highest BCUT2D eigenvalue weighted by Crippen LogP contribution is 2.39. The number of benzene rings is 1. The van der Waals surface area contributed by atoms with Crippen LogP contribution in [-0.2, 0) is 4.79 Å². The lowest BCUT2D eigenvalue weighted by molar-refractivity contribution is -0.384. The van der Waals surface area contributed by atoms with Gasteiger partial charge in [-0.2, -0.15) is 5.26 Å². The second-order valence-corrected chi connectivity index (χ2v) is 6.43. The number of amides is 1. The molecule has 1 aliphatic heterocycles. The molecule has 7 nitrogen and oxygen atoms in total. The van der Waals surface area contributed by atoms with Gasteiger partial charge in [0.1, 0.15) is 11.1 Å². The Balaban J connectivity index is 1.70. The van der Waals surface area contributed by atoms with E-state index in [-0.39, 0.29) is 16.5 Å². The number of nitro groups is 1. The topological polar surface area (TPSA) is 90.5 Å². The van der Waals surface area contributed by atoms with Gasteiger partial charge in [-0.1, -0.05) is 25.0 Å². The van der Waals surface area contributed by atoms with Crippen molar-refractivity contribution >= 4 is 17.3 Å². The second kappa shape index (κ2) is 6.48. The van der Waals surface area contributed by atoms with Gasteiger partial charge in [-0.25, -0.2) is 0 Å². The fraction of sp³-hybridized carbons (Fsp3) is 0.529. The number of nitrogens with zero attached hydrogens (tertiary/aromatic N) is 4. The summed E-state index contributed by atoms with van der Waals surface area (Å²) in [7, 11) is 0. The number of carbonyl (C=O) groups excluding carboxylic acids is 1. The van der Waals surface area contributed by atoms with Crippen molar-refractivity contribution in [2.45, 2.75) is 25.7 Å². The van der Waals surface area contributed by atoms with E-state index in [1.165, 1.54) is 6.07 Å². The lowest BCUT2D eigenvalue weighted by Gasteiger charge is -2.38. The van der Waals surface area contributed by atoms with Gasteiger partial charge in [0, 0.05) is 32.2 Å². The van der Waals surface area contributed by atoms with Crippen LogP contribution in [0.5, 0.6) is 0 Å². The maximum Gasteiger partial charge on any atom is 0.292 e. The second-order valence-electron chi connectivity index (χ2n) is 6.43. The van der Waals surface area contributed by atoms with E-state index in [2.05, 4.69) is 6.07 Å². The third-order valence-corrected chi connectivity index (χ3v) is 5.07. The Bertz CT molecular complexity index is 683. The number of hydrogen-bond donors (Lipinski definition) is 0. The average Bonchev–Trinajstić information content (AvgIpc) is 3.11. The molecule has 7 heteroatoms. The molecular formula is C17H20N4O3. The summed E-state index contributed by atoms with van der Waals surface area (Å²) in [5.41, 5.74) is -0.173. The molecule has 0 bridgehead atoms. The Morgan fingerprint density at radius 2 is 1.79 bits per heavy atom. The summed E-state index contributed by atoms with van der Waals surface area (Å²) in [4.78, 5) is 27.2. The summed E-state index contributed by atoms with van der Waals surface area (Å²) in [6, 6.07) is 8.91. The van der Waals surface area contributed by atoms with Crippen LogP contribution in [0.15, 0.2) is 24.3 Å². The van der Waals surface area contributed by atoms with Crippen molar-refractivity contribution < 1.29 is 9.72 Å². The first-order chi connectivity index (χ1) is 11.6. The monoisotopic (exact) mass is 328 g/mol. The number of nitriles is 1. The van der Waals surface area contributed by atoms with Crippen molar-refractivity contribution in [3.05, 3.63) is 34.4 Å². The van der Waals surface area contributed by atoms with E-state index in [0.29, 0.717) is 44.7 Å². The highest BCUT2D eigenvalue weighted by atomic mass is 16.6. The number of para-hydroxylation sites is 2. The van der Waals surface area contributed by atoms with E-state index in [9.17, 15) is 20.2 Å². The van der Waals surface area contributed by atoms with Crippen LogP contribution < -0.4 is 4.90 Å². The molecule has 0 atom stereocenters. The Labute approximate surface area is 140 Å². The normalized spacial score (nSPS) is 19.8. The minimum atomic E-state index is -0.846. The highest BCUT2D eigenvalue weighted by molar-refractivity contribution is 5.86. The summed E-state index contributed by atoms with van der Waals surface area (Å²) in [5, 5.41) is 20.6. The van der Waals surface area contributed by atoms with Crippen LogP contribution >= 0.6 is 0 Å². The first-order valence-electron chi connectivity index (χ1n) is 8.26. The molecule has 0 unspecified atom stereocenters. The molecule has 0 aromatic heterocycles. The molecule has 3 rings (SSSR count). The maximum atomic E-state index is 12.7. The van der Waals surface area contributed by atoms with Crippen molar-refractivity contribution in [1.29, 1.82) is 5.26 Å². The smallest absolute Gasteiger partial charge is 0.292 e. The van der Waals surface area contributed by atoms with Crippen LogP contribution in [0.1, 0.15) is 25.7 Å². The van der Waals surface area contributed by atoms with Gasteiger partial charge >= 0.3 is 0 Å². The van der Waals surface area contributed by atoms with E-state index >= 15 is 0 Å². The van der Waals surface area contributed by atoms with E-state index in [1.54, 1.807) is 23.1 Å².